The molecule has 0 saturated carbocycles. The van der Waals surface area contributed by atoms with Crippen LogP contribution in [0.2, 0.25) is 0 Å². The molecule has 17 heavy (non-hydrogen) atoms. The van der Waals surface area contributed by atoms with Gasteiger partial charge in [0.2, 0.25) is 0 Å². The first-order chi connectivity index (χ1) is 8.24. The van der Waals surface area contributed by atoms with E-state index in [1.54, 1.807) is 0 Å². The quantitative estimate of drug-likeness (QED) is 0.823. The van der Waals surface area contributed by atoms with Crippen LogP contribution >= 0.6 is 0 Å². The second-order valence-electron chi connectivity index (χ2n) is 4.26. The van der Waals surface area contributed by atoms with E-state index in [4.69, 9.17) is 5.11 Å². The van der Waals surface area contributed by atoms with Crippen molar-refractivity contribution in [2.45, 2.75) is 19.0 Å². The maximum Gasteiger partial charge on any atom is 0.305 e. The summed E-state index contributed by atoms with van der Waals surface area (Å²) in [6.07, 6.45) is 0.0817. The predicted molar refractivity (Wildman–Crippen MR) is 63.6 cm³/mol. The van der Waals surface area contributed by atoms with Crippen molar-refractivity contribution in [1.82, 2.24) is 10.3 Å². The highest BCUT2D eigenvalue weighted by atomic mass is 16.4. The first-order valence-electron chi connectivity index (χ1n) is 5.58. The van der Waals surface area contributed by atoms with E-state index in [9.17, 15) is 4.79 Å². The molecule has 0 amide bonds. The van der Waals surface area contributed by atoms with Crippen molar-refractivity contribution in [1.29, 1.82) is 0 Å². The standard InChI is InChI=1S/C13H12N2O2/c16-12(17)6-11-13-9(7-14-11)5-8-3-1-2-4-10(8)15-13/h1-5,11,14H,6-7H2,(H,16,17)/t11-/m0/s1. The molecule has 2 heterocycles. The van der Waals surface area contributed by atoms with Crippen molar-refractivity contribution >= 4 is 16.9 Å². The van der Waals surface area contributed by atoms with E-state index < -0.39 is 5.97 Å². The number of nitrogens with zero attached hydrogens (tertiary/aromatic N) is 1. The molecule has 0 radical (unpaired) electrons. The summed E-state index contributed by atoms with van der Waals surface area (Å²) in [5, 5.41) is 13.1. The summed E-state index contributed by atoms with van der Waals surface area (Å²) in [6.45, 7) is 0.700. The molecule has 4 heteroatoms. The summed E-state index contributed by atoms with van der Waals surface area (Å²) in [5.41, 5.74) is 2.91. The Morgan fingerprint density at radius 2 is 2.29 bits per heavy atom. The smallest absolute Gasteiger partial charge is 0.305 e. The Morgan fingerprint density at radius 1 is 1.47 bits per heavy atom. The van der Waals surface area contributed by atoms with Crippen LogP contribution < -0.4 is 5.32 Å². The van der Waals surface area contributed by atoms with Crippen molar-refractivity contribution in [3.8, 4) is 0 Å². The topological polar surface area (TPSA) is 62.2 Å². The highest BCUT2D eigenvalue weighted by molar-refractivity contribution is 5.80. The van der Waals surface area contributed by atoms with Gasteiger partial charge in [0, 0.05) is 11.9 Å². The van der Waals surface area contributed by atoms with Crippen molar-refractivity contribution in [3.05, 3.63) is 41.6 Å². The number of carboxylic acid groups (broad SMARTS) is 1. The average molecular weight is 228 g/mol. The Kier molecular flexibility index (Phi) is 2.30. The van der Waals surface area contributed by atoms with Crippen molar-refractivity contribution in [3.63, 3.8) is 0 Å². The highest BCUT2D eigenvalue weighted by Gasteiger charge is 2.25. The van der Waals surface area contributed by atoms with E-state index in [1.807, 2.05) is 24.3 Å². The summed E-state index contributed by atoms with van der Waals surface area (Å²) in [4.78, 5) is 15.3. The van der Waals surface area contributed by atoms with Gasteiger partial charge >= 0.3 is 5.97 Å². The van der Waals surface area contributed by atoms with Gasteiger partial charge in [-0.3, -0.25) is 9.78 Å². The van der Waals surface area contributed by atoms with Crippen LogP contribution in [0.3, 0.4) is 0 Å². The second-order valence-corrected chi connectivity index (χ2v) is 4.26. The molecular formula is C13H12N2O2. The number of pyridine rings is 1. The fourth-order valence-electron chi connectivity index (χ4n) is 2.29. The van der Waals surface area contributed by atoms with Crippen molar-refractivity contribution < 1.29 is 9.90 Å². The minimum atomic E-state index is -0.801. The van der Waals surface area contributed by atoms with Gasteiger partial charge in [0.1, 0.15) is 0 Å². The van der Waals surface area contributed by atoms with Gasteiger partial charge in [-0.25, -0.2) is 0 Å². The summed E-state index contributed by atoms with van der Waals surface area (Å²) in [6, 6.07) is 9.82. The van der Waals surface area contributed by atoms with E-state index >= 15 is 0 Å². The van der Waals surface area contributed by atoms with Crippen LogP contribution in [0.4, 0.5) is 0 Å². The zero-order chi connectivity index (χ0) is 11.8. The number of para-hydroxylation sites is 1. The fourth-order valence-corrected chi connectivity index (χ4v) is 2.29. The lowest BCUT2D eigenvalue weighted by Crippen LogP contribution is -2.16. The molecule has 2 N–H and O–H groups in total. The number of nitrogens with one attached hydrogen (secondary N) is 1. The summed E-state index contributed by atoms with van der Waals surface area (Å²) in [7, 11) is 0. The number of benzene rings is 1. The Hall–Kier alpha value is -1.94. The van der Waals surface area contributed by atoms with Crippen LogP contribution in [-0.2, 0) is 11.3 Å². The molecule has 1 aromatic heterocycles. The molecular weight excluding hydrogens is 216 g/mol. The third-order valence-electron chi connectivity index (χ3n) is 3.08. The number of rotatable bonds is 2. The number of fused-ring (bicyclic) bond motifs is 2. The zero-order valence-electron chi connectivity index (χ0n) is 9.18. The molecule has 0 unspecified atom stereocenters. The van der Waals surface area contributed by atoms with Gasteiger partial charge in [0.15, 0.2) is 0 Å². The monoisotopic (exact) mass is 228 g/mol. The van der Waals surface area contributed by atoms with E-state index in [0.717, 1.165) is 22.2 Å². The molecule has 3 rings (SSSR count). The molecule has 1 aliphatic heterocycles. The van der Waals surface area contributed by atoms with Crippen LogP contribution in [0.25, 0.3) is 10.9 Å². The van der Waals surface area contributed by atoms with Gasteiger partial charge in [0.05, 0.1) is 23.7 Å². The van der Waals surface area contributed by atoms with Gasteiger partial charge in [-0.2, -0.15) is 0 Å². The zero-order valence-corrected chi connectivity index (χ0v) is 9.18. The van der Waals surface area contributed by atoms with Gasteiger partial charge in [-0.15, -0.1) is 0 Å². The third-order valence-corrected chi connectivity index (χ3v) is 3.08. The van der Waals surface area contributed by atoms with Gasteiger partial charge in [-0.1, -0.05) is 18.2 Å². The Labute approximate surface area is 98.3 Å². The first-order valence-corrected chi connectivity index (χ1v) is 5.58. The normalized spacial score (nSPS) is 18.2. The van der Waals surface area contributed by atoms with Gasteiger partial charge in [-0.05, 0) is 17.7 Å². The summed E-state index contributed by atoms with van der Waals surface area (Å²) < 4.78 is 0. The minimum Gasteiger partial charge on any atom is -0.481 e. The first kappa shape index (κ1) is 10.2. The van der Waals surface area contributed by atoms with E-state index in [-0.39, 0.29) is 12.5 Å². The van der Waals surface area contributed by atoms with Crippen LogP contribution in [-0.4, -0.2) is 16.1 Å². The molecule has 0 bridgehead atoms. The third kappa shape index (κ3) is 1.76. The molecule has 1 aliphatic rings. The maximum absolute atomic E-state index is 10.8. The van der Waals surface area contributed by atoms with Gasteiger partial charge < -0.3 is 10.4 Å². The molecule has 1 atom stereocenters. The molecule has 1 aromatic carbocycles. The molecule has 0 aliphatic carbocycles. The van der Waals surface area contributed by atoms with Crippen LogP contribution in [0.1, 0.15) is 23.7 Å². The van der Waals surface area contributed by atoms with Crippen LogP contribution in [0.15, 0.2) is 30.3 Å². The van der Waals surface area contributed by atoms with E-state index in [0.29, 0.717) is 6.54 Å². The van der Waals surface area contributed by atoms with Gasteiger partial charge in [0.25, 0.3) is 0 Å². The average Bonchev–Trinajstić information content (AvgIpc) is 2.68. The molecule has 0 spiro atoms. The maximum atomic E-state index is 10.8. The predicted octanol–water partition coefficient (Wildman–Crippen LogP) is 1.85. The summed E-state index contributed by atoms with van der Waals surface area (Å²) in [5.74, 6) is -0.801. The van der Waals surface area contributed by atoms with Crippen molar-refractivity contribution in [2.24, 2.45) is 0 Å². The SMILES string of the molecule is O=C(O)C[C@@H]1NCc2cc3ccccc3nc21. The van der Waals surface area contributed by atoms with Crippen LogP contribution in [0, 0.1) is 0 Å². The number of aromatic nitrogens is 1. The number of carbonyl (C=O) groups is 1. The molecule has 4 nitrogen and oxygen atoms in total. The Morgan fingerprint density at radius 3 is 3.12 bits per heavy atom. The lowest BCUT2D eigenvalue weighted by atomic mass is 10.1. The molecule has 2 aromatic rings. The molecule has 0 fully saturated rings. The Balaban J connectivity index is 2.08. The molecule has 86 valence electrons. The number of aliphatic carboxylic acids is 1. The lowest BCUT2D eigenvalue weighted by molar-refractivity contribution is -0.137. The highest BCUT2D eigenvalue weighted by Crippen LogP contribution is 2.28. The van der Waals surface area contributed by atoms with E-state index in [2.05, 4.69) is 16.4 Å². The summed E-state index contributed by atoms with van der Waals surface area (Å²) >= 11 is 0. The largest absolute Gasteiger partial charge is 0.481 e. The lowest BCUT2D eigenvalue weighted by Gasteiger charge is -2.08. The molecule has 0 saturated heterocycles. The Bertz CT molecular complexity index is 595. The van der Waals surface area contributed by atoms with Crippen molar-refractivity contribution in [2.75, 3.05) is 0 Å². The minimum absolute atomic E-state index is 0.0817. The van der Waals surface area contributed by atoms with E-state index in [1.165, 1.54) is 0 Å². The number of carboxylic acids is 1. The fraction of sp³-hybridized carbons (Fsp3) is 0.231. The number of hydrogen-bond donors (Lipinski definition) is 2. The number of hydrogen-bond acceptors (Lipinski definition) is 3. The van der Waals surface area contributed by atoms with Crippen LogP contribution in [0.5, 0.6) is 0 Å². The second kappa shape index (κ2) is 3.82.